The molecule has 19 heavy (non-hydrogen) atoms. The van der Waals surface area contributed by atoms with Crippen molar-refractivity contribution in [3.05, 3.63) is 35.0 Å². The number of benzene rings is 1. The van der Waals surface area contributed by atoms with Gasteiger partial charge >= 0.3 is 0 Å². The Balaban J connectivity index is 2.30. The van der Waals surface area contributed by atoms with Gasteiger partial charge in [0.15, 0.2) is 11.5 Å². The average Bonchev–Trinajstić information content (AvgIpc) is 2.63. The van der Waals surface area contributed by atoms with Crippen LogP contribution in [0, 0.1) is 6.92 Å². The number of nitrogens with two attached hydrogens (primary N) is 1. The minimum absolute atomic E-state index is 0.373. The van der Waals surface area contributed by atoms with Gasteiger partial charge in [-0.3, -0.25) is 0 Å². The summed E-state index contributed by atoms with van der Waals surface area (Å²) in [7, 11) is 1.82. The Morgan fingerprint density at radius 3 is 2.79 bits per heavy atom. The molecule has 1 aromatic carbocycles. The van der Waals surface area contributed by atoms with E-state index in [0.717, 1.165) is 16.8 Å². The Morgan fingerprint density at radius 1 is 1.26 bits per heavy atom. The van der Waals surface area contributed by atoms with E-state index < -0.39 is 0 Å². The van der Waals surface area contributed by atoms with E-state index in [1.807, 2.05) is 38.2 Å². The van der Waals surface area contributed by atoms with Gasteiger partial charge in [0.1, 0.15) is 11.2 Å². The maximum atomic E-state index is 6.00. The predicted octanol–water partition coefficient (Wildman–Crippen LogP) is 2.57. The first-order valence-electron chi connectivity index (χ1n) is 5.79. The first-order chi connectivity index (χ1) is 9.06. The number of hydrogen-bond donors (Lipinski definition) is 1. The van der Waals surface area contributed by atoms with Crippen molar-refractivity contribution in [1.82, 2.24) is 19.7 Å². The van der Waals surface area contributed by atoms with Gasteiger partial charge in [0.25, 0.3) is 0 Å². The van der Waals surface area contributed by atoms with E-state index >= 15 is 0 Å². The monoisotopic (exact) mass is 273 g/mol. The van der Waals surface area contributed by atoms with Crippen LogP contribution in [0.2, 0.25) is 5.02 Å². The molecule has 6 heteroatoms. The van der Waals surface area contributed by atoms with Crippen molar-refractivity contribution in [3.63, 3.8) is 0 Å². The molecule has 3 rings (SSSR count). The normalized spacial score (nSPS) is 11.1. The van der Waals surface area contributed by atoms with E-state index in [0.29, 0.717) is 22.2 Å². The summed E-state index contributed by atoms with van der Waals surface area (Å²) in [6.45, 7) is 1.90. The molecule has 0 amide bonds. The molecule has 0 fully saturated rings. The molecule has 2 heterocycles. The number of fused-ring (bicyclic) bond motifs is 1. The number of anilines is 1. The van der Waals surface area contributed by atoms with E-state index in [4.69, 9.17) is 17.3 Å². The van der Waals surface area contributed by atoms with E-state index in [1.165, 1.54) is 0 Å². The summed E-state index contributed by atoms with van der Waals surface area (Å²) in [6.07, 6.45) is 0. The van der Waals surface area contributed by atoms with E-state index in [2.05, 4.69) is 15.1 Å². The third-order valence-corrected chi connectivity index (χ3v) is 3.19. The van der Waals surface area contributed by atoms with Crippen molar-refractivity contribution in [2.24, 2.45) is 7.05 Å². The number of aromatic nitrogens is 4. The van der Waals surface area contributed by atoms with Crippen molar-refractivity contribution in [2.75, 3.05) is 5.73 Å². The molecule has 0 saturated carbocycles. The van der Waals surface area contributed by atoms with Crippen LogP contribution in [-0.4, -0.2) is 19.7 Å². The summed E-state index contributed by atoms with van der Waals surface area (Å²) in [6, 6.07) is 7.39. The third kappa shape index (κ3) is 1.92. The smallest absolute Gasteiger partial charge is 0.178 e. The van der Waals surface area contributed by atoms with Crippen molar-refractivity contribution < 1.29 is 0 Å². The Labute approximate surface area is 115 Å². The molecule has 5 nitrogen and oxygen atoms in total. The van der Waals surface area contributed by atoms with Gasteiger partial charge in [-0.15, -0.1) is 0 Å². The van der Waals surface area contributed by atoms with Crippen LogP contribution in [0.3, 0.4) is 0 Å². The lowest BCUT2D eigenvalue weighted by molar-refractivity contribution is 0.774. The second-order valence-electron chi connectivity index (χ2n) is 4.35. The van der Waals surface area contributed by atoms with Crippen LogP contribution in [0.15, 0.2) is 24.3 Å². The fraction of sp³-hybridized carbons (Fsp3) is 0.154. The largest absolute Gasteiger partial charge is 0.382 e. The Kier molecular flexibility index (Phi) is 2.64. The molecule has 0 aliphatic carbocycles. The van der Waals surface area contributed by atoms with Gasteiger partial charge in [-0.2, -0.15) is 5.10 Å². The lowest BCUT2D eigenvalue weighted by Crippen LogP contribution is -2.00. The minimum Gasteiger partial charge on any atom is -0.382 e. The summed E-state index contributed by atoms with van der Waals surface area (Å²) in [5.41, 5.74) is 9.73. The number of halogens is 1. The molecule has 0 spiro atoms. The second-order valence-corrected chi connectivity index (χ2v) is 4.79. The number of nitrogens with zero attached hydrogens (tertiary/aromatic N) is 4. The number of hydrogen-bond acceptors (Lipinski definition) is 4. The van der Waals surface area contributed by atoms with Crippen LogP contribution in [-0.2, 0) is 7.05 Å². The van der Waals surface area contributed by atoms with Gasteiger partial charge in [0, 0.05) is 17.6 Å². The molecule has 3 aromatic rings. The van der Waals surface area contributed by atoms with Crippen molar-refractivity contribution >= 4 is 28.6 Å². The van der Waals surface area contributed by atoms with Crippen LogP contribution in [0.4, 0.5) is 5.82 Å². The molecular weight excluding hydrogens is 262 g/mol. The molecule has 2 N–H and O–H groups in total. The highest BCUT2D eigenvalue weighted by molar-refractivity contribution is 6.30. The second kappa shape index (κ2) is 4.20. The van der Waals surface area contributed by atoms with Gasteiger partial charge in [-0.1, -0.05) is 23.7 Å². The topological polar surface area (TPSA) is 69.6 Å². The molecule has 0 aliphatic heterocycles. The van der Waals surface area contributed by atoms with E-state index in [-0.39, 0.29) is 0 Å². The molecule has 2 aromatic heterocycles. The number of rotatable bonds is 1. The molecule has 0 saturated heterocycles. The maximum absolute atomic E-state index is 6.00. The molecule has 96 valence electrons. The third-order valence-electron chi connectivity index (χ3n) is 2.95. The van der Waals surface area contributed by atoms with Gasteiger partial charge in [-0.05, 0) is 19.1 Å². The van der Waals surface area contributed by atoms with E-state index in [9.17, 15) is 0 Å². The molecule has 0 bridgehead atoms. The highest BCUT2D eigenvalue weighted by atomic mass is 35.5. The SMILES string of the molecule is Cc1nn(C)c2nc(N)c(-c3cccc(Cl)c3)nc12. The fourth-order valence-corrected chi connectivity index (χ4v) is 2.27. The predicted molar refractivity (Wildman–Crippen MR) is 75.9 cm³/mol. The highest BCUT2D eigenvalue weighted by Crippen LogP contribution is 2.27. The molecule has 0 atom stereocenters. The first kappa shape index (κ1) is 11.9. The molecule has 0 unspecified atom stereocenters. The van der Waals surface area contributed by atoms with E-state index in [1.54, 1.807) is 4.68 Å². The first-order valence-corrected chi connectivity index (χ1v) is 6.17. The molecule has 0 radical (unpaired) electrons. The summed E-state index contributed by atoms with van der Waals surface area (Å²) < 4.78 is 1.68. The molecule has 0 aliphatic rings. The quantitative estimate of drug-likeness (QED) is 0.740. The summed E-state index contributed by atoms with van der Waals surface area (Å²) in [4.78, 5) is 8.95. The summed E-state index contributed by atoms with van der Waals surface area (Å²) >= 11 is 6.00. The van der Waals surface area contributed by atoms with Crippen molar-refractivity contribution in [3.8, 4) is 11.3 Å². The number of nitrogen functional groups attached to an aromatic ring is 1. The lowest BCUT2D eigenvalue weighted by atomic mass is 10.1. The Morgan fingerprint density at radius 2 is 2.05 bits per heavy atom. The average molecular weight is 274 g/mol. The van der Waals surface area contributed by atoms with Gasteiger partial charge in [0.2, 0.25) is 0 Å². The van der Waals surface area contributed by atoms with Gasteiger partial charge in [-0.25, -0.2) is 14.6 Å². The Bertz CT molecular complexity index is 778. The summed E-state index contributed by atoms with van der Waals surface area (Å²) in [5, 5.41) is 4.93. The fourth-order valence-electron chi connectivity index (χ4n) is 2.08. The number of aryl methyl sites for hydroxylation is 2. The zero-order chi connectivity index (χ0) is 13.6. The van der Waals surface area contributed by atoms with Crippen LogP contribution in [0.1, 0.15) is 5.69 Å². The maximum Gasteiger partial charge on any atom is 0.178 e. The van der Waals surface area contributed by atoms with Crippen LogP contribution < -0.4 is 5.73 Å². The van der Waals surface area contributed by atoms with Crippen molar-refractivity contribution in [2.45, 2.75) is 6.92 Å². The Hall–Kier alpha value is -2.14. The van der Waals surface area contributed by atoms with Crippen LogP contribution in [0.25, 0.3) is 22.4 Å². The van der Waals surface area contributed by atoms with Crippen molar-refractivity contribution in [1.29, 1.82) is 0 Å². The van der Waals surface area contributed by atoms with Gasteiger partial charge in [0.05, 0.1) is 5.69 Å². The van der Waals surface area contributed by atoms with Crippen LogP contribution >= 0.6 is 11.6 Å². The summed E-state index contributed by atoms with van der Waals surface area (Å²) in [5.74, 6) is 0.373. The minimum atomic E-state index is 0.373. The lowest BCUT2D eigenvalue weighted by Gasteiger charge is -2.05. The van der Waals surface area contributed by atoms with Crippen LogP contribution in [0.5, 0.6) is 0 Å². The molecular formula is C13H12ClN5. The highest BCUT2D eigenvalue weighted by Gasteiger charge is 2.13. The zero-order valence-corrected chi connectivity index (χ0v) is 11.3. The van der Waals surface area contributed by atoms with Gasteiger partial charge < -0.3 is 5.73 Å². The standard InChI is InChI=1S/C13H12ClN5/c1-7-10-13(19(2)18-7)17-12(15)11(16-10)8-4-3-5-9(14)6-8/h3-6H,1-2H3,(H2,15,17). The zero-order valence-electron chi connectivity index (χ0n) is 10.6.